The number of benzene rings is 1. The van der Waals surface area contributed by atoms with E-state index in [4.69, 9.17) is 0 Å². The molecule has 2 amide bonds. The van der Waals surface area contributed by atoms with Crippen molar-refractivity contribution in [1.29, 1.82) is 0 Å². The number of alkyl halides is 3. The van der Waals surface area contributed by atoms with Gasteiger partial charge in [-0.05, 0) is 30.2 Å². The molecule has 1 aliphatic rings. The maximum atomic E-state index is 12.8. The molecule has 1 saturated heterocycles. The molecule has 2 heterocycles. The van der Waals surface area contributed by atoms with Gasteiger partial charge in [-0.2, -0.15) is 18.3 Å². The van der Waals surface area contributed by atoms with E-state index in [2.05, 4.69) is 15.5 Å². The van der Waals surface area contributed by atoms with E-state index in [-0.39, 0.29) is 11.9 Å². The van der Waals surface area contributed by atoms with Crippen LogP contribution >= 0.6 is 0 Å². The highest BCUT2D eigenvalue weighted by Gasteiger charge is 2.32. The Morgan fingerprint density at radius 1 is 1.25 bits per heavy atom. The van der Waals surface area contributed by atoms with E-state index in [0.29, 0.717) is 30.9 Å². The molecule has 0 spiro atoms. The van der Waals surface area contributed by atoms with Crippen LogP contribution in [0.2, 0.25) is 0 Å². The minimum absolute atomic E-state index is 0.111. The average molecular weight is 336 g/mol. The third-order valence-electron chi connectivity index (χ3n) is 3.97. The Bertz CT molecular complexity index is 721. The summed E-state index contributed by atoms with van der Waals surface area (Å²) in [4.78, 5) is 13.8. The molecule has 1 atom stereocenters. The summed E-state index contributed by atoms with van der Waals surface area (Å²) in [6.07, 6.45) is -2.25. The van der Waals surface area contributed by atoms with Crippen LogP contribution in [0.3, 0.4) is 0 Å². The van der Waals surface area contributed by atoms with Gasteiger partial charge < -0.3 is 4.90 Å². The molecule has 1 aromatic carbocycles. The Morgan fingerprint density at radius 2 is 2.08 bits per heavy atom. The molecular formula is C16H15F3N4O. The molecule has 0 saturated carbocycles. The topological polar surface area (TPSA) is 58.1 Å². The van der Waals surface area contributed by atoms with Crippen molar-refractivity contribution in [3.05, 3.63) is 53.7 Å². The van der Waals surface area contributed by atoms with Crippen LogP contribution in [0.25, 0.3) is 0 Å². The number of nitrogens with zero attached hydrogens (tertiary/aromatic N) is 3. The van der Waals surface area contributed by atoms with E-state index >= 15 is 0 Å². The van der Waals surface area contributed by atoms with Crippen LogP contribution in [0.1, 0.15) is 23.5 Å². The number of nitrogens with one attached hydrogen (secondary N) is 1. The maximum absolute atomic E-state index is 12.8. The molecule has 5 nitrogen and oxygen atoms in total. The molecule has 1 aromatic heterocycles. The standard InChI is InChI=1S/C16H15F3N4O/c17-16(18,19)13-4-1-3-11(9-13)12-6-8-23(10-12)15(24)21-14-5-2-7-20-22-14/h1-5,7,9,12H,6,8,10H2,(H,21,22,24)/t12-/m1/s1. The molecule has 2 aromatic rings. The Kier molecular flexibility index (Phi) is 4.37. The fraction of sp³-hybridized carbons (Fsp3) is 0.312. The molecule has 8 heteroatoms. The number of carbonyl (C=O) groups excluding carboxylic acids is 1. The molecule has 1 N–H and O–H groups in total. The molecule has 0 aliphatic carbocycles. The van der Waals surface area contributed by atoms with E-state index in [1.807, 2.05) is 0 Å². The summed E-state index contributed by atoms with van der Waals surface area (Å²) in [5.41, 5.74) is -0.0675. The van der Waals surface area contributed by atoms with Gasteiger partial charge in [-0.25, -0.2) is 4.79 Å². The zero-order valence-corrected chi connectivity index (χ0v) is 12.6. The SMILES string of the molecule is O=C(Nc1cccnn1)N1CC[C@@H](c2cccc(C(F)(F)F)c2)C1. The summed E-state index contributed by atoms with van der Waals surface area (Å²) in [6, 6.07) is 8.23. The van der Waals surface area contributed by atoms with Crippen LogP contribution in [-0.2, 0) is 6.18 Å². The first-order valence-corrected chi connectivity index (χ1v) is 7.44. The Morgan fingerprint density at radius 3 is 2.79 bits per heavy atom. The molecular weight excluding hydrogens is 321 g/mol. The summed E-state index contributed by atoms with van der Waals surface area (Å²) >= 11 is 0. The lowest BCUT2D eigenvalue weighted by Crippen LogP contribution is -2.33. The highest BCUT2D eigenvalue weighted by molar-refractivity contribution is 5.88. The molecule has 3 rings (SSSR count). The lowest BCUT2D eigenvalue weighted by molar-refractivity contribution is -0.137. The summed E-state index contributed by atoms with van der Waals surface area (Å²) in [7, 11) is 0. The van der Waals surface area contributed by atoms with Crippen molar-refractivity contribution < 1.29 is 18.0 Å². The largest absolute Gasteiger partial charge is 0.416 e. The Labute approximate surface area is 136 Å². The predicted octanol–water partition coefficient (Wildman–Crippen LogP) is 3.52. The van der Waals surface area contributed by atoms with Crippen molar-refractivity contribution in [3.8, 4) is 0 Å². The van der Waals surface area contributed by atoms with Crippen LogP contribution in [-0.4, -0.2) is 34.2 Å². The van der Waals surface area contributed by atoms with E-state index < -0.39 is 11.7 Å². The van der Waals surface area contributed by atoms with Crippen molar-refractivity contribution in [1.82, 2.24) is 15.1 Å². The van der Waals surface area contributed by atoms with E-state index in [1.54, 1.807) is 23.1 Å². The summed E-state index contributed by atoms with van der Waals surface area (Å²) < 4.78 is 38.4. The molecule has 0 radical (unpaired) electrons. The van der Waals surface area contributed by atoms with E-state index in [9.17, 15) is 18.0 Å². The fourth-order valence-corrected chi connectivity index (χ4v) is 2.74. The van der Waals surface area contributed by atoms with Gasteiger partial charge in [-0.3, -0.25) is 5.32 Å². The normalized spacial score (nSPS) is 17.8. The summed E-state index contributed by atoms with van der Waals surface area (Å²) in [6.45, 7) is 0.848. The van der Waals surface area contributed by atoms with Crippen molar-refractivity contribution >= 4 is 11.8 Å². The van der Waals surface area contributed by atoms with Crippen LogP contribution in [0, 0.1) is 0 Å². The first kappa shape index (κ1) is 16.2. The lowest BCUT2D eigenvalue weighted by Gasteiger charge is -2.17. The van der Waals surface area contributed by atoms with Gasteiger partial charge in [-0.1, -0.05) is 18.2 Å². The highest BCUT2D eigenvalue weighted by Crippen LogP contribution is 2.33. The third-order valence-corrected chi connectivity index (χ3v) is 3.97. The number of hydrogen-bond acceptors (Lipinski definition) is 3. The molecule has 0 bridgehead atoms. The van der Waals surface area contributed by atoms with Gasteiger partial charge in [0.25, 0.3) is 0 Å². The maximum Gasteiger partial charge on any atom is 0.416 e. The zero-order chi connectivity index (χ0) is 17.2. The average Bonchev–Trinajstić information content (AvgIpc) is 3.05. The highest BCUT2D eigenvalue weighted by atomic mass is 19.4. The number of anilines is 1. The first-order valence-electron chi connectivity index (χ1n) is 7.44. The van der Waals surface area contributed by atoms with Crippen molar-refractivity contribution in [2.75, 3.05) is 18.4 Å². The number of rotatable bonds is 2. The van der Waals surface area contributed by atoms with Gasteiger partial charge in [-0.15, -0.1) is 5.10 Å². The number of urea groups is 1. The molecule has 126 valence electrons. The number of halogens is 3. The first-order chi connectivity index (χ1) is 11.4. The second-order valence-electron chi connectivity index (χ2n) is 5.59. The second-order valence-corrected chi connectivity index (χ2v) is 5.59. The Balaban J connectivity index is 1.66. The van der Waals surface area contributed by atoms with Crippen molar-refractivity contribution in [2.24, 2.45) is 0 Å². The van der Waals surface area contributed by atoms with E-state index in [0.717, 1.165) is 12.1 Å². The molecule has 24 heavy (non-hydrogen) atoms. The molecule has 1 fully saturated rings. The monoisotopic (exact) mass is 336 g/mol. The van der Waals surface area contributed by atoms with Crippen molar-refractivity contribution in [3.63, 3.8) is 0 Å². The van der Waals surface area contributed by atoms with Crippen molar-refractivity contribution in [2.45, 2.75) is 18.5 Å². The minimum atomic E-state index is -4.36. The fourth-order valence-electron chi connectivity index (χ4n) is 2.74. The van der Waals surface area contributed by atoms with Gasteiger partial charge in [0.2, 0.25) is 0 Å². The van der Waals surface area contributed by atoms with Crippen LogP contribution < -0.4 is 5.32 Å². The Hall–Kier alpha value is -2.64. The minimum Gasteiger partial charge on any atom is -0.324 e. The summed E-state index contributed by atoms with van der Waals surface area (Å²) in [5, 5.41) is 10.1. The third kappa shape index (κ3) is 3.64. The van der Waals surface area contributed by atoms with Gasteiger partial charge in [0.15, 0.2) is 5.82 Å². The predicted molar refractivity (Wildman–Crippen MR) is 81.4 cm³/mol. The number of hydrogen-bond donors (Lipinski definition) is 1. The molecule has 0 unspecified atom stereocenters. The van der Waals surface area contributed by atoms with Gasteiger partial charge >= 0.3 is 12.2 Å². The van der Waals surface area contributed by atoms with E-state index in [1.165, 1.54) is 12.3 Å². The smallest absolute Gasteiger partial charge is 0.324 e. The number of carbonyl (C=O) groups is 1. The van der Waals surface area contributed by atoms with Crippen LogP contribution in [0.4, 0.5) is 23.8 Å². The van der Waals surface area contributed by atoms with Crippen LogP contribution in [0.5, 0.6) is 0 Å². The number of amides is 2. The number of likely N-dealkylation sites (tertiary alicyclic amines) is 1. The molecule has 1 aliphatic heterocycles. The zero-order valence-electron chi connectivity index (χ0n) is 12.6. The lowest BCUT2D eigenvalue weighted by atomic mass is 9.96. The van der Waals surface area contributed by atoms with Gasteiger partial charge in [0, 0.05) is 25.2 Å². The van der Waals surface area contributed by atoms with Crippen LogP contribution in [0.15, 0.2) is 42.6 Å². The van der Waals surface area contributed by atoms with Gasteiger partial charge in [0.05, 0.1) is 5.56 Å². The summed E-state index contributed by atoms with van der Waals surface area (Å²) in [5.74, 6) is 0.227. The quantitative estimate of drug-likeness (QED) is 0.913. The number of aromatic nitrogens is 2. The van der Waals surface area contributed by atoms with Gasteiger partial charge in [0.1, 0.15) is 0 Å². The second kappa shape index (κ2) is 6.46.